The van der Waals surface area contributed by atoms with E-state index in [0.29, 0.717) is 5.92 Å². The molecule has 2 aliphatic rings. The summed E-state index contributed by atoms with van der Waals surface area (Å²) in [7, 11) is 0. The van der Waals surface area contributed by atoms with Crippen LogP contribution in [0.15, 0.2) is 29.6 Å². The van der Waals surface area contributed by atoms with Crippen LogP contribution < -0.4 is 0 Å². The van der Waals surface area contributed by atoms with Crippen molar-refractivity contribution in [3.63, 3.8) is 0 Å². The number of piperidine rings is 1. The first-order chi connectivity index (χ1) is 11.2. The maximum Gasteiger partial charge on any atom is 0.0590 e. The van der Waals surface area contributed by atoms with Crippen LogP contribution in [0.3, 0.4) is 0 Å². The zero-order valence-corrected chi connectivity index (χ0v) is 14.8. The molecule has 2 heterocycles. The van der Waals surface area contributed by atoms with Gasteiger partial charge < -0.3 is 5.11 Å². The number of thiophene rings is 1. The van der Waals surface area contributed by atoms with Crippen LogP contribution in [0, 0.1) is 5.92 Å². The molecule has 2 unspecified atom stereocenters. The highest BCUT2D eigenvalue weighted by Crippen LogP contribution is 2.48. The van der Waals surface area contributed by atoms with E-state index in [1.54, 1.807) is 4.88 Å². The second kappa shape index (κ2) is 6.19. The van der Waals surface area contributed by atoms with Gasteiger partial charge in [0.25, 0.3) is 0 Å². The van der Waals surface area contributed by atoms with E-state index < -0.39 is 0 Å². The van der Waals surface area contributed by atoms with Crippen molar-refractivity contribution in [3.05, 3.63) is 34.5 Å². The summed E-state index contributed by atoms with van der Waals surface area (Å²) in [5.41, 5.74) is 0.209. The van der Waals surface area contributed by atoms with Crippen molar-refractivity contribution in [1.29, 1.82) is 0 Å². The van der Waals surface area contributed by atoms with Gasteiger partial charge in [-0.2, -0.15) is 0 Å². The molecule has 2 fully saturated rings. The molecule has 2 aromatic rings. The quantitative estimate of drug-likeness (QED) is 0.858. The summed E-state index contributed by atoms with van der Waals surface area (Å²) >= 11 is 1.96. The topological polar surface area (TPSA) is 23.5 Å². The predicted octanol–water partition coefficient (Wildman–Crippen LogP) is 4.76. The summed E-state index contributed by atoms with van der Waals surface area (Å²) in [5.74, 6) is 0.383. The predicted molar refractivity (Wildman–Crippen MR) is 97.9 cm³/mol. The lowest BCUT2D eigenvalue weighted by Crippen LogP contribution is -2.53. The van der Waals surface area contributed by atoms with E-state index in [1.807, 2.05) is 11.3 Å². The number of aliphatic hydroxyl groups excluding tert-OH is 1. The van der Waals surface area contributed by atoms with Crippen molar-refractivity contribution in [3.8, 4) is 0 Å². The Hall–Kier alpha value is -0.900. The van der Waals surface area contributed by atoms with Crippen LogP contribution >= 0.6 is 11.3 Å². The molecule has 1 aromatic carbocycles. The smallest absolute Gasteiger partial charge is 0.0590 e. The van der Waals surface area contributed by atoms with Crippen LogP contribution in [0.25, 0.3) is 10.8 Å². The Balaban J connectivity index is 1.77. The SMILES string of the molecule is CC1CN(C2(c3scc4ccccc34)CCCCC2)CCC1O. The van der Waals surface area contributed by atoms with E-state index in [1.165, 1.54) is 42.9 Å². The third-order valence-electron chi connectivity index (χ3n) is 6.08. The van der Waals surface area contributed by atoms with Gasteiger partial charge >= 0.3 is 0 Å². The number of nitrogens with zero attached hydrogens (tertiary/aromatic N) is 1. The fraction of sp³-hybridized carbons (Fsp3) is 0.600. The lowest BCUT2D eigenvalue weighted by molar-refractivity contribution is -0.0343. The molecule has 0 amide bonds. The van der Waals surface area contributed by atoms with Crippen molar-refractivity contribution < 1.29 is 5.11 Å². The van der Waals surface area contributed by atoms with E-state index >= 15 is 0 Å². The molecule has 0 bridgehead atoms. The lowest BCUT2D eigenvalue weighted by atomic mass is 9.76. The summed E-state index contributed by atoms with van der Waals surface area (Å²) < 4.78 is 0. The molecule has 1 saturated heterocycles. The molecule has 23 heavy (non-hydrogen) atoms. The highest BCUT2D eigenvalue weighted by molar-refractivity contribution is 7.11. The number of benzene rings is 1. The Labute approximate surface area is 143 Å². The minimum atomic E-state index is -0.119. The van der Waals surface area contributed by atoms with Gasteiger partial charge in [0.05, 0.1) is 11.6 Å². The van der Waals surface area contributed by atoms with E-state index in [2.05, 4.69) is 41.5 Å². The molecular weight excluding hydrogens is 302 g/mol. The van der Waals surface area contributed by atoms with Crippen molar-refractivity contribution in [2.45, 2.75) is 57.1 Å². The van der Waals surface area contributed by atoms with Crippen molar-refractivity contribution >= 4 is 22.1 Å². The molecule has 4 rings (SSSR count). The van der Waals surface area contributed by atoms with Crippen molar-refractivity contribution in [2.24, 2.45) is 5.92 Å². The molecule has 0 radical (unpaired) electrons. The molecular formula is C20H27NOS. The van der Waals surface area contributed by atoms with Gasteiger partial charge in [0.15, 0.2) is 0 Å². The van der Waals surface area contributed by atoms with Gasteiger partial charge in [0.2, 0.25) is 0 Å². The van der Waals surface area contributed by atoms with Crippen LogP contribution in [0.2, 0.25) is 0 Å². The number of hydrogen-bond acceptors (Lipinski definition) is 3. The van der Waals surface area contributed by atoms with E-state index in [-0.39, 0.29) is 11.6 Å². The maximum atomic E-state index is 10.2. The average Bonchev–Trinajstić information content (AvgIpc) is 3.02. The van der Waals surface area contributed by atoms with E-state index in [9.17, 15) is 5.11 Å². The van der Waals surface area contributed by atoms with Crippen LogP contribution in [-0.4, -0.2) is 29.2 Å². The third kappa shape index (κ3) is 2.63. The Morgan fingerprint density at radius 1 is 1.17 bits per heavy atom. The standard InChI is InChI=1S/C20H27NOS/c1-15-13-21(12-9-18(15)22)20(10-5-2-6-11-20)19-17-8-4-3-7-16(17)14-23-19/h3-4,7-8,14-15,18,22H,2,5-6,9-13H2,1H3. The summed E-state index contributed by atoms with van der Waals surface area (Å²) in [5, 5.41) is 15.3. The molecule has 2 atom stereocenters. The Morgan fingerprint density at radius 2 is 1.96 bits per heavy atom. The normalized spacial score (nSPS) is 29.0. The fourth-order valence-corrected chi connectivity index (χ4v) is 6.01. The molecule has 1 aliphatic heterocycles. The first-order valence-corrected chi connectivity index (χ1v) is 9.98. The molecule has 2 nitrogen and oxygen atoms in total. The molecule has 1 aromatic heterocycles. The summed E-state index contributed by atoms with van der Waals surface area (Å²) in [4.78, 5) is 4.30. The van der Waals surface area contributed by atoms with Crippen molar-refractivity contribution in [1.82, 2.24) is 4.90 Å². The highest BCUT2D eigenvalue weighted by atomic mass is 32.1. The van der Waals surface area contributed by atoms with Gasteiger partial charge in [-0.3, -0.25) is 4.90 Å². The second-order valence-corrected chi connectivity index (χ2v) is 8.40. The van der Waals surface area contributed by atoms with Gasteiger partial charge in [0, 0.05) is 18.0 Å². The van der Waals surface area contributed by atoms with Gasteiger partial charge in [-0.1, -0.05) is 50.5 Å². The number of fused-ring (bicyclic) bond motifs is 1. The molecule has 1 saturated carbocycles. The van der Waals surface area contributed by atoms with Gasteiger partial charge in [-0.05, 0) is 41.3 Å². The first kappa shape index (κ1) is 15.6. The zero-order valence-electron chi connectivity index (χ0n) is 14.0. The largest absolute Gasteiger partial charge is 0.393 e. The lowest BCUT2D eigenvalue weighted by Gasteiger charge is -2.50. The fourth-order valence-electron chi connectivity index (χ4n) is 4.70. The molecule has 0 spiro atoms. The Kier molecular flexibility index (Phi) is 4.21. The average molecular weight is 330 g/mol. The van der Waals surface area contributed by atoms with Crippen LogP contribution in [0.4, 0.5) is 0 Å². The van der Waals surface area contributed by atoms with Crippen LogP contribution in [-0.2, 0) is 5.54 Å². The summed E-state index contributed by atoms with van der Waals surface area (Å²) in [6.07, 6.45) is 7.40. The monoisotopic (exact) mass is 329 g/mol. The number of rotatable bonds is 2. The molecule has 124 valence electrons. The van der Waals surface area contributed by atoms with Gasteiger partial charge in [-0.25, -0.2) is 0 Å². The van der Waals surface area contributed by atoms with Gasteiger partial charge in [-0.15, -0.1) is 11.3 Å². The number of aliphatic hydroxyl groups is 1. The number of likely N-dealkylation sites (tertiary alicyclic amines) is 1. The molecule has 1 aliphatic carbocycles. The van der Waals surface area contributed by atoms with Crippen molar-refractivity contribution in [2.75, 3.05) is 13.1 Å². The van der Waals surface area contributed by atoms with E-state index in [0.717, 1.165) is 19.5 Å². The maximum absolute atomic E-state index is 10.2. The summed E-state index contributed by atoms with van der Waals surface area (Å²) in [6.45, 7) is 4.28. The Bertz CT molecular complexity index is 673. The highest BCUT2D eigenvalue weighted by Gasteiger charge is 2.43. The first-order valence-electron chi connectivity index (χ1n) is 9.10. The van der Waals surface area contributed by atoms with Crippen LogP contribution in [0.1, 0.15) is 50.3 Å². The minimum Gasteiger partial charge on any atom is -0.393 e. The second-order valence-electron chi connectivity index (χ2n) is 7.52. The molecule has 1 N–H and O–H groups in total. The summed E-state index contributed by atoms with van der Waals surface area (Å²) in [6, 6.07) is 8.87. The zero-order chi connectivity index (χ0) is 15.9. The Morgan fingerprint density at radius 3 is 2.74 bits per heavy atom. The molecule has 3 heteroatoms. The van der Waals surface area contributed by atoms with Crippen LogP contribution in [0.5, 0.6) is 0 Å². The number of hydrogen-bond donors (Lipinski definition) is 1. The third-order valence-corrected chi connectivity index (χ3v) is 7.29. The van der Waals surface area contributed by atoms with E-state index in [4.69, 9.17) is 0 Å². The van der Waals surface area contributed by atoms with Gasteiger partial charge in [0.1, 0.15) is 0 Å². The minimum absolute atomic E-state index is 0.119.